The third kappa shape index (κ3) is 5.48. The maximum Gasteiger partial charge on any atom is 0.244 e. The molecule has 0 aromatic carbocycles. The fraction of sp³-hybridized carbons (Fsp3) is 0.417. The molecule has 0 radical (unpaired) electrons. The molecule has 0 aliphatic carbocycles. The molecule has 100 valence electrons. The van der Waals surface area contributed by atoms with Gasteiger partial charge in [-0.05, 0) is 40.6 Å². The van der Waals surface area contributed by atoms with Crippen LogP contribution in [0.15, 0.2) is 27.3 Å². The van der Waals surface area contributed by atoms with Crippen molar-refractivity contribution in [2.24, 2.45) is 0 Å². The molecular weight excluding hydrogens is 302 g/mol. The van der Waals surface area contributed by atoms with E-state index in [1.165, 1.54) is 6.08 Å². The molecule has 1 unspecified atom stereocenters. The molecule has 0 fully saturated rings. The lowest BCUT2D eigenvalue weighted by atomic mass is 10.2. The number of ether oxygens (including phenoxy) is 1. The van der Waals surface area contributed by atoms with Crippen LogP contribution in [0.1, 0.15) is 12.2 Å². The van der Waals surface area contributed by atoms with Gasteiger partial charge in [-0.1, -0.05) is 0 Å². The van der Waals surface area contributed by atoms with Crippen molar-refractivity contribution < 1.29 is 19.1 Å². The van der Waals surface area contributed by atoms with E-state index in [1.807, 2.05) is 0 Å². The van der Waals surface area contributed by atoms with E-state index in [0.717, 1.165) is 0 Å². The zero-order chi connectivity index (χ0) is 13.4. The maximum atomic E-state index is 11.6. The van der Waals surface area contributed by atoms with Crippen molar-refractivity contribution in [3.05, 3.63) is 28.6 Å². The minimum atomic E-state index is -0.252. The van der Waals surface area contributed by atoms with Crippen LogP contribution in [0.4, 0.5) is 0 Å². The normalized spacial score (nSPS) is 12.8. The highest BCUT2D eigenvalue weighted by atomic mass is 79.9. The van der Waals surface area contributed by atoms with Crippen LogP contribution in [0, 0.1) is 0 Å². The molecule has 1 aromatic heterocycles. The number of aliphatic hydroxyl groups excluding tert-OH is 1. The summed E-state index contributed by atoms with van der Waals surface area (Å²) in [5, 5.41) is 11.6. The zero-order valence-corrected chi connectivity index (χ0v) is 11.6. The molecule has 18 heavy (non-hydrogen) atoms. The topological polar surface area (TPSA) is 71.7 Å². The Morgan fingerprint density at radius 3 is 3.00 bits per heavy atom. The predicted molar refractivity (Wildman–Crippen MR) is 71.0 cm³/mol. The van der Waals surface area contributed by atoms with E-state index in [4.69, 9.17) is 14.3 Å². The molecule has 1 atom stereocenters. The van der Waals surface area contributed by atoms with Gasteiger partial charge in [0.05, 0.1) is 12.6 Å². The van der Waals surface area contributed by atoms with E-state index in [0.29, 0.717) is 23.5 Å². The van der Waals surface area contributed by atoms with Crippen LogP contribution in [0.25, 0.3) is 6.08 Å². The lowest BCUT2D eigenvalue weighted by Gasteiger charge is -2.15. The first kappa shape index (κ1) is 14.9. The van der Waals surface area contributed by atoms with E-state index < -0.39 is 0 Å². The zero-order valence-electron chi connectivity index (χ0n) is 10.1. The number of methoxy groups -OCH3 is 1. The second kappa shape index (κ2) is 8.07. The molecule has 2 N–H and O–H groups in total. The molecule has 1 heterocycles. The number of hydrogen-bond acceptors (Lipinski definition) is 4. The van der Waals surface area contributed by atoms with Gasteiger partial charge in [0.2, 0.25) is 5.91 Å². The summed E-state index contributed by atoms with van der Waals surface area (Å²) in [5.41, 5.74) is 0. The number of hydrogen-bond donors (Lipinski definition) is 2. The fourth-order valence-electron chi connectivity index (χ4n) is 1.38. The molecule has 0 saturated carbocycles. The van der Waals surface area contributed by atoms with Gasteiger partial charge in [0.15, 0.2) is 4.67 Å². The highest BCUT2D eigenvalue weighted by molar-refractivity contribution is 9.10. The van der Waals surface area contributed by atoms with E-state index in [2.05, 4.69) is 21.2 Å². The van der Waals surface area contributed by atoms with Crippen molar-refractivity contribution >= 4 is 27.9 Å². The van der Waals surface area contributed by atoms with Gasteiger partial charge in [-0.3, -0.25) is 4.79 Å². The minimum absolute atomic E-state index is 0.00313. The van der Waals surface area contributed by atoms with Crippen molar-refractivity contribution in [2.45, 2.75) is 12.5 Å². The fourth-order valence-corrected chi connectivity index (χ4v) is 1.70. The lowest BCUT2D eigenvalue weighted by molar-refractivity contribution is -0.117. The van der Waals surface area contributed by atoms with Gasteiger partial charge in [0.25, 0.3) is 0 Å². The van der Waals surface area contributed by atoms with Crippen LogP contribution < -0.4 is 5.32 Å². The summed E-state index contributed by atoms with van der Waals surface area (Å²) in [4.78, 5) is 11.6. The first-order chi connectivity index (χ1) is 8.65. The number of nitrogens with one attached hydrogen (secondary N) is 1. The monoisotopic (exact) mass is 317 g/mol. The number of furan rings is 1. The van der Waals surface area contributed by atoms with Crippen LogP contribution >= 0.6 is 15.9 Å². The molecule has 0 aliphatic rings. The van der Waals surface area contributed by atoms with Gasteiger partial charge in [0, 0.05) is 19.8 Å². The van der Waals surface area contributed by atoms with Gasteiger partial charge in [-0.25, -0.2) is 0 Å². The maximum absolute atomic E-state index is 11.6. The van der Waals surface area contributed by atoms with Crippen molar-refractivity contribution in [1.29, 1.82) is 0 Å². The summed E-state index contributed by atoms with van der Waals surface area (Å²) < 4.78 is 10.8. The minimum Gasteiger partial charge on any atom is -0.450 e. The first-order valence-corrected chi connectivity index (χ1v) is 6.28. The molecule has 0 aliphatic heterocycles. The van der Waals surface area contributed by atoms with Gasteiger partial charge in [0.1, 0.15) is 5.76 Å². The van der Waals surface area contributed by atoms with Crippen molar-refractivity contribution in [3.63, 3.8) is 0 Å². The van der Waals surface area contributed by atoms with Crippen molar-refractivity contribution in [3.8, 4) is 0 Å². The Labute approximate surface area is 114 Å². The highest BCUT2D eigenvalue weighted by Crippen LogP contribution is 2.14. The summed E-state index contributed by atoms with van der Waals surface area (Å²) in [6, 6.07) is 3.30. The largest absolute Gasteiger partial charge is 0.450 e. The van der Waals surface area contributed by atoms with Gasteiger partial charge in [-0.2, -0.15) is 0 Å². The quantitative estimate of drug-likeness (QED) is 0.749. The van der Waals surface area contributed by atoms with E-state index >= 15 is 0 Å². The van der Waals surface area contributed by atoms with Crippen molar-refractivity contribution in [1.82, 2.24) is 5.32 Å². The second-order valence-electron chi connectivity index (χ2n) is 3.65. The first-order valence-electron chi connectivity index (χ1n) is 5.49. The van der Waals surface area contributed by atoms with Gasteiger partial charge >= 0.3 is 0 Å². The third-order valence-electron chi connectivity index (χ3n) is 2.18. The summed E-state index contributed by atoms with van der Waals surface area (Å²) in [6.07, 6.45) is 3.41. The SMILES string of the molecule is COCC(CCO)NC(=O)/C=C/c1ccc(Br)o1. The average Bonchev–Trinajstić information content (AvgIpc) is 2.73. The lowest BCUT2D eigenvalue weighted by Crippen LogP contribution is -2.37. The number of aliphatic hydroxyl groups is 1. The predicted octanol–water partition coefficient (Wildman–Crippen LogP) is 1.57. The Morgan fingerprint density at radius 1 is 1.67 bits per heavy atom. The van der Waals surface area contributed by atoms with E-state index in [9.17, 15) is 4.79 Å². The van der Waals surface area contributed by atoms with Crippen molar-refractivity contribution in [2.75, 3.05) is 20.3 Å². The Bertz CT molecular complexity index is 397. The molecule has 1 aromatic rings. The Hall–Kier alpha value is -1.11. The van der Waals surface area contributed by atoms with Crippen LogP contribution in [0.3, 0.4) is 0 Å². The molecule has 5 nitrogen and oxygen atoms in total. The molecule has 0 bridgehead atoms. The second-order valence-corrected chi connectivity index (χ2v) is 4.43. The van der Waals surface area contributed by atoms with E-state index in [-0.39, 0.29) is 18.6 Å². The number of carbonyl (C=O) groups excluding carboxylic acids is 1. The Balaban J connectivity index is 2.46. The Kier molecular flexibility index (Phi) is 6.70. The number of carbonyl (C=O) groups is 1. The van der Waals surface area contributed by atoms with Crippen LogP contribution in [-0.2, 0) is 9.53 Å². The number of halogens is 1. The summed E-state index contributed by atoms with van der Waals surface area (Å²) in [7, 11) is 1.55. The molecule has 0 spiro atoms. The van der Waals surface area contributed by atoms with E-state index in [1.54, 1.807) is 25.3 Å². The summed E-state index contributed by atoms with van der Waals surface area (Å²) in [6.45, 7) is 0.371. The number of amides is 1. The Morgan fingerprint density at radius 2 is 2.44 bits per heavy atom. The standard InChI is InChI=1S/C12H16BrNO4/c1-17-8-9(6-7-15)14-12(16)5-3-10-2-4-11(13)18-10/h2-5,9,15H,6-8H2,1H3,(H,14,16)/b5-3+. The molecule has 1 rings (SSSR count). The smallest absolute Gasteiger partial charge is 0.244 e. The molecule has 6 heteroatoms. The third-order valence-corrected chi connectivity index (χ3v) is 2.61. The van der Waals surface area contributed by atoms with Crippen LogP contribution in [-0.4, -0.2) is 37.4 Å². The summed E-state index contributed by atoms with van der Waals surface area (Å²) in [5.74, 6) is 0.334. The highest BCUT2D eigenvalue weighted by Gasteiger charge is 2.09. The van der Waals surface area contributed by atoms with Crippen LogP contribution in [0.2, 0.25) is 0 Å². The molecule has 0 saturated heterocycles. The van der Waals surface area contributed by atoms with Gasteiger partial charge < -0.3 is 19.6 Å². The summed E-state index contributed by atoms with van der Waals surface area (Å²) >= 11 is 3.18. The van der Waals surface area contributed by atoms with Gasteiger partial charge in [-0.15, -0.1) is 0 Å². The average molecular weight is 318 g/mol. The number of rotatable bonds is 7. The molecular formula is C12H16BrNO4. The van der Waals surface area contributed by atoms with Crippen LogP contribution in [0.5, 0.6) is 0 Å². The molecule has 1 amide bonds.